The molecule has 2 fully saturated rings. The van der Waals surface area contributed by atoms with Gasteiger partial charge in [-0.15, -0.1) is 12.4 Å². The number of nitrogens with one attached hydrogen (secondary N) is 2. The van der Waals surface area contributed by atoms with Gasteiger partial charge in [0.2, 0.25) is 5.95 Å². The number of benzene rings is 1. The van der Waals surface area contributed by atoms with Gasteiger partial charge < -0.3 is 15.2 Å². The van der Waals surface area contributed by atoms with Crippen molar-refractivity contribution in [2.45, 2.75) is 44.7 Å². The molecule has 7 nitrogen and oxygen atoms in total. The van der Waals surface area contributed by atoms with E-state index in [-0.39, 0.29) is 31.0 Å². The minimum absolute atomic E-state index is 0. The summed E-state index contributed by atoms with van der Waals surface area (Å²) in [4.78, 5) is 19.8. The first-order valence-electron chi connectivity index (χ1n) is 13.7. The molecular formula is C28H38ClF2N7. The summed E-state index contributed by atoms with van der Waals surface area (Å²) >= 11 is 0. The van der Waals surface area contributed by atoms with Crippen molar-refractivity contribution >= 4 is 29.3 Å². The van der Waals surface area contributed by atoms with Crippen LogP contribution in [-0.4, -0.2) is 89.6 Å². The molecule has 5 heterocycles. The number of fused-ring (bicyclic) bond motifs is 3. The molecule has 2 saturated heterocycles. The maximum atomic E-state index is 13.7. The van der Waals surface area contributed by atoms with Crippen molar-refractivity contribution in [3.05, 3.63) is 53.5 Å². The van der Waals surface area contributed by atoms with E-state index in [0.717, 1.165) is 74.3 Å². The van der Waals surface area contributed by atoms with Gasteiger partial charge in [0.05, 0.1) is 12.6 Å². The van der Waals surface area contributed by atoms with E-state index in [1.165, 1.54) is 30.3 Å². The molecule has 3 aliphatic heterocycles. The fourth-order valence-electron chi connectivity index (χ4n) is 6.51. The van der Waals surface area contributed by atoms with Crippen LogP contribution in [0.3, 0.4) is 0 Å². The second kappa shape index (κ2) is 11.8. The standard InChI is InChI=1S/C28H37F2N7.ClH/c1-19-14-23-22-4-2-3-5-24(22)34-26(23)27(37(19)18-25(29)30)21-15-32-28(33-16-21)36-12-10-35(11-13-36)17-20-6-8-31-9-7-20;/h2-5,15-16,19-20,25,27,31,34H,6-14,17-18H2,1H3;1H/t19-,27-;/m1./s1. The number of hydrogen-bond acceptors (Lipinski definition) is 6. The van der Waals surface area contributed by atoms with E-state index in [2.05, 4.69) is 32.2 Å². The lowest BCUT2D eigenvalue weighted by Crippen LogP contribution is -2.49. The summed E-state index contributed by atoms with van der Waals surface area (Å²) in [7, 11) is 0. The van der Waals surface area contributed by atoms with E-state index in [4.69, 9.17) is 9.97 Å². The fourth-order valence-corrected chi connectivity index (χ4v) is 6.51. The van der Waals surface area contributed by atoms with E-state index in [1.807, 2.05) is 36.4 Å². The number of nitrogens with zero attached hydrogens (tertiary/aromatic N) is 5. The number of rotatable bonds is 6. The van der Waals surface area contributed by atoms with Crippen molar-refractivity contribution in [3.8, 4) is 0 Å². The summed E-state index contributed by atoms with van der Waals surface area (Å²) < 4.78 is 27.3. The van der Waals surface area contributed by atoms with Crippen molar-refractivity contribution in [1.82, 2.24) is 30.1 Å². The van der Waals surface area contributed by atoms with Gasteiger partial charge >= 0.3 is 0 Å². The van der Waals surface area contributed by atoms with Gasteiger partial charge in [-0.25, -0.2) is 18.7 Å². The molecule has 38 heavy (non-hydrogen) atoms. The zero-order chi connectivity index (χ0) is 25.4. The summed E-state index contributed by atoms with van der Waals surface area (Å²) in [6.07, 6.45) is 4.57. The van der Waals surface area contributed by atoms with Gasteiger partial charge in [-0.2, -0.15) is 0 Å². The summed E-state index contributed by atoms with van der Waals surface area (Å²) in [5.41, 5.74) is 4.10. The van der Waals surface area contributed by atoms with E-state index < -0.39 is 6.43 Å². The number of aromatic amines is 1. The van der Waals surface area contributed by atoms with Gasteiger partial charge in [0.25, 0.3) is 6.43 Å². The number of piperidine rings is 1. The molecule has 3 aromatic rings. The number of H-pyrrole nitrogens is 1. The molecule has 0 amide bonds. The Morgan fingerprint density at radius 2 is 1.74 bits per heavy atom. The zero-order valence-electron chi connectivity index (χ0n) is 22.0. The van der Waals surface area contributed by atoms with Crippen LogP contribution in [0.2, 0.25) is 0 Å². The number of halogens is 3. The third kappa shape index (κ3) is 5.52. The largest absolute Gasteiger partial charge is 0.357 e. The second-order valence-corrected chi connectivity index (χ2v) is 10.9. The average molecular weight is 546 g/mol. The highest BCUT2D eigenvalue weighted by Crippen LogP contribution is 2.40. The Morgan fingerprint density at radius 1 is 1.03 bits per heavy atom. The lowest BCUT2D eigenvalue weighted by Gasteiger charge is -2.40. The van der Waals surface area contributed by atoms with Gasteiger partial charge in [0, 0.05) is 73.3 Å². The van der Waals surface area contributed by atoms with E-state index in [9.17, 15) is 8.78 Å². The first kappa shape index (κ1) is 27.2. The predicted octanol–water partition coefficient (Wildman–Crippen LogP) is 4.10. The van der Waals surface area contributed by atoms with Gasteiger partial charge in [-0.05, 0) is 56.8 Å². The topological polar surface area (TPSA) is 63.3 Å². The van der Waals surface area contributed by atoms with Crippen LogP contribution in [0.15, 0.2) is 36.7 Å². The Balaban J connectivity index is 0.00000294. The predicted molar refractivity (Wildman–Crippen MR) is 150 cm³/mol. The lowest BCUT2D eigenvalue weighted by atomic mass is 9.89. The molecule has 0 saturated carbocycles. The van der Waals surface area contributed by atoms with Crippen molar-refractivity contribution < 1.29 is 8.78 Å². The second-order valence-electron chi connectivity index (χ2n) is 10.9. The molecule has 2 aromatic heterocycles. The SMILES string of the molecule is C[C@@H]1Cc2c([nH]c3ccccc23)[C@@H](c2cnc(N3CCN(CC4CCNCC4)CC3)nc2)N1CC(F)F.Cl. The van der Waals surface area contributed by atoms with Crippen LogP contribution >= 0.6 is 12.4 Å². The molecule has 0 bridgehead atoms. The number of para-hydroxylation sites is 1. The highest BCUT2D eigenvalue weighted by molar-refractivity contribution is 5.86. The first-order chi connectivity index (χ1) is 18.1. The van der Waals surface area contributed by atoms with Crippen LogP contribution < -0.4 is 10.2 Å². The third-order valence-electron chi connectivity index (χ3n) is 8.47. The Kier molecular flexibility index (Phi) is 8.47. The maximum absolute atomic E-state index is 13.7. The molecule has 1 aromatic carbocycles. The highest BCUT2D eigenvalue weighted by Gasteiger charge is 2.37. The number of alkyl halides is 2. The first-order valence-corrected chi connectivity index (χ1v) is 13.7. The Labute approximate surface area is 229 Å². The number of piperazine rings is 1. The van der Waals surface area contributed by atoms with Crippen LogP contribution in [-0.2, 0) is 6.42 Å². The van der Waals surface area contributed by atoms with Crippen LogP contribution in [0.5, 0.6) is 0 Å². The Bertz CT molecular complexity index is 1190. The summed E-state index contributed by atoms with van der Waals surface area (Å²) in [5, 5.41) is 4.62. The smallest absolute Gasteiger partial charge is 0.251 e. The monoisotopic (exact) mass is 545 g/mol. The molecule has 2 atom stereocenters. The number of anilines is 1. The normalized spacial score (nSPS) is 23.5. The molecule has 0 spiro atoms. The van der Waals surface area contributed by atoms with Gasteiger partial charge in [-0.3, -0.25) is 9.80 Å². The van der Waals surface area contributed by atoms with Crippen LogP contribution in [0.25, 0.3) is 10.9 Å². The summed E-state index contributed by atoms with van der Waals surface area (Å²) in [6, 6.07) is 7.86. The van der Waals surface area contributed by atoms with Gasteiger partial charge in [0.1, 0.15) is 0 Å². The van der Waals surface area contributed by atoms with Crippen LogP contribution in [0.4, 0.5) is 14.7 Å². The molecular weight excluding hydrogens is 508 g/mol. The molecule has 10 heteroatoms. The third-order valence-corrected chi connectivity index (χ3v) is 8.47. The van der Waals surface area contributed by atoms with Gasteiger partial charge in [-0.1, -0.05) is 18.2 Å². The molecule has 206 valence electrons. The van der Waals surface area contributed by atoms with Crippen LogP contribution in [0.1, 0.15) is 42.6 Å². The molecule has 0 aliphatic carbocycles. The van der Waals surface area contributed by atoms with Crippen molar-refractivity contribution in [2.24, 2.45) is 5.92 Å². The van der Waals surface area contributed by atoms with Crippen molar-refractivity contribution in [3.63, 3.8) is 0 Å². The van der Waals surface area contributed by atoms with Crippen molar-refractivity contribution in [2.75, 3.05) is 57.3 Å². The number of aromatic nitrogens is 3. The molecule has 0 unspecified atom stereocenters. The fraction of sp³-hybridized carbons (Fsp3) is 0.571. The molecule has 3 aliphatic rings. The molecule has 0 radical (unpaired) electrons. The maximum Gasteiger partial charge on any atom is 0.251 e. The molecule has 6 rings (SSSR count). The van der Waals surface area contributed by atoms with Crippen molar-refractivity contribution in [1.29, 1.82) is 0 Å². The Morgan fingerprint density at radius 3 is 2.45 bits per heavy atom. The highest BCUT2D eigenvalue weighted by atomic mass is 35.5. The minimum atomic E-state index is -2.41. The average Bonchev–Trinajstić information content (AvgIpc) is 3.28. The quantitative estimate of drug-likeness (QED) is 0.486. The van der Waals surface area contributed by atoms with Crippen LogP contribution in [0, 0.1) is 5.92 Å². The van der Waals surface area contributed by atoms with E-state index in [1.54, 1.807) is 0 Å². The van der Waals surface area contributed by atoms with E-state index >= 15 is 0 Å². The summed E-state index contributed by atoms with van der Waals surface area (Å²) in [5.74, 6) is 1.53. The van der Waals surface area contributed by atoms with Gasteiger partial charge in [0.15, 0.2) is 0 Å². The number of hydrogen-bond donors (Lipinski definition) is 2. The minimum Gasteiger partial charge on any atom is -0.357 e. The zero-order valence-corrected chi connectivity index (χ0v) is 22.8. The Hall–Kier alpha value is -2.33. The molecule has 2 N–H and O–H groups in total. The summed E-state index contributed by atoms with van der Waals surface area (Å²) in [6.45, 7) is 9.09. The van der Waals surface area contributed by atoms with E-state index in [0.29, 0.717) is 0 Å². The lowest BCUT2D eigenvalue weighted by molar-refractivity contribution is 0.0454.